The van der Waals surface area contributed by atoms with Crippen molar-refractivity contribution < 1.29 is 19.2 Å². The number of nitrogens with zero attached hydrogens (tertiary/aromatic N) is 6. The summed E-state index contributed by atoms with van der Waals surface area (Å²) < 4.78 is 7.05. The molecule has 3 heterocycles. The summed E-state index contributed by atoms with van der Waals surface area (Å²) in [6.45, 7) is 8.05. The van der Waals surface area contributed by atoms with E-state index >= 15 is 0 Å². The van der Waals surface area contributed by atoms with Crippen LogP contribution in [0.1, 0.15) is 102 Å². The Morgan fingerprint density at radius 1 is 1.19 bits per heavy atom. The lowest BCUT2D eigenvalue weighted by Crippen LogP contribution is -2.51. The third-order valence-corrected chi connectivity index (χ3v) is 7.64. The first-order chi connectivity index (χ1) is 17.1. The summed E-state index contributed by atoms with van der Waals surface area (Å²) in [5.41, 5.74) is 0.455. The molecule has 0 bridgehead atoms. The second-order valence-corrected chi connectivity index (χ2v) is 11.7. The van der Waals surface area contributed by atoms with Crippen molar-refractivity contribution in [1.82, 2.24) is 35.4 Å². The number of rotatable bonds is 7. The van der Waals surface area contributed by atoms with Crippen LogP contribution in [0.25, 0.3) is 0 Å². The predicted octanol–water partition coefficient (Wildman–Crippen LogP) is 2.10. The molecule has 3 aliphatic rings. The number of carbonyl (C=O) groups excluding carboxylic acids is 2. The van der Waals surface area contributed by atoms with E-state index in [4.69, 9.17) is 4.52 Å². The number of hydrogen-bond donors (Lipinski definition) is 2. The first-order valence-electron chi connectivity index (χ1n) is 13.2. The molecule has 1 saturated heterocycles. The minimum atomic E-state index is -0.745. The molecule has 3 fully saturated rings. The van der Waals surface area contributed by atoms with Gasteiger partial charge >= 0.3 is 0 Å². The van der Waals surface area contributed by atoms with E-state index in [2.05, 4.69) is 25.8 Å². The van der Waals surface area contributed by atoms with Gasteiger partial charge in [-0.15, -0.1) is 5.10 Å². The molecular formula is C25H37N7O4. The molecule has 2 aliphatic carbocycles. The molecule has 2 saturated carbocycles. The zero-order chi connectivity index (χ0) is 25.6. The van der Waals surface area contributed by atoms with Crippen molar-refractivity contribution in [1.29, 1.82) is 0 Å². The Labute approximate surface area is 211 Å². The molecule has 0 aromatic carbocycles. The molecule has 5 atom stereocenters. The molecular weight excluding hydrogens is 462 g/mol. The number of likely N-dealkylation sites (tertiary alicyclic amines) is 1. The second kappa shape index (κ2) is 9.57. The van der Waals surface area contributed by atoms with Gasteiger partial charge in [-0.3, -0.25) is 9.59 Å². The van der Waals surface area contributed by atoms with Gasteiger partial charge in [0.05, 0.1) is 11.8 Å². The minimum absolute atomic E-state index is 0.0380. The fourth-order valence-corrected chi connectivity index (χ4v) is 5.54. The van der Waals surface area contributed by atoms with Gasteiger partial charge in [0.15, 0.2) is 5.82 Å². The zero-order valence-corrected chi connectivity index (χ0v) is 21.6. The van der Waals surface area contributed by atoms with Crippen LogP contribution in [0.3, 0.4) is 0 Å². The molecule has 0 spiro atoms. The summed E-state index contributed by atoms with van der Waals surface area (Å²) >= 11 is 0. The zero-order valence-electron chi connectivity index (χ0n) is 21.6. The molecule has 2 N–H and O–H groups in total. The molecule has 2 aromatic heterocycles. The summed E-state index contributed by atoms with van der Waals surface area (Å²) in [6.07, 6.45) is 6.63. The molecule has 5 rings (SSSR count). The maximum atomic E-state index is 13.9. The van der Waals surface area contributed by atoms with Gasteiger partial charge in [0, 0.05) is 43.5 Å². The highest BCUT2D eigenvalue weighted by Crippen LogP contribution is 2.40. The molecule has 2 unspecified atom stereocenters. The Hall–Kier alpha value is -2.82. The highest BCUT2D eigenvalue weighted by molar-refractivity contribution is 5.90. The average Bonchev–Trinajstić information content (AvgIpc) is 3.23. The first-order valence-corrected chi connectivity index (χ1v) is 13.2. The summed E-state index contributed by atoms with van der Waals surface area (Å²) in [6, 6.07) is -1.39. The molecule has 36 heavy (non-hydrogen) atoms. The number of aryl methyl sites for hydroxylation is 1. The summed E-state index contributed by atoms with van der Waals surface area (Å²) in [5, 5.41) is 26.1. The normalized spacial score (nSPS) is 27.4. The van der Waals surface area contributed by atoms with E-state index in [1.807, 2.05) is 33.9 Å². The van der Waals surface area contributed by atoms with Gasteiger partial charge in [0.2, 0.25) is 17.7 Å². The van der Waals surface area contributed by atoms with Crippen LogP contribution < -0.4 is 5.32 Å². The lowest BCUT2D eigenvalue weighted by Gasteiger charge is -2.34. The van der Waals surface area contributed by atoms with Crippen LogP contribution in [0, 0.1) is 5.41 Å². The van der Waals surface area contributed by atoms with Gasteiger partial charge in [0.1, 0.15) is 12.1 Å². The van der Waals surface area contributed by atoms with Crippen molar-refractivity contribution in [2.75, 3.05) is 6.54 Å². The van der Waals surface area contributed by atoms with E-state index in [1.165, 1.54) is 4.90 Å². The first kappa shape index (κ1) is 24.9. The fraction of sp³-hybridized carbons (Fsp3) is 0.760. The van der Waals surface area contributed by atoms with Crippen molar-refractivity contribution in [2.24, 2.45) is 5.41 Å². The number of nitrogens with one attached hydrogen (secondary N) is 1. The number of aliphatic hydroxyl groups excluding tert-OH is 1. The highest BCUT2D eigenvalue weighted by Gasteiger charge is 2.46. The Morgan fingerprint density at radius 2 is 1.94 bits per heavy atom. The van der Waals surface area contributed by atoms with Gasteiger partial charge in [-0.2, -0.15) is 4.98 Å². The molecule has 2 aromatic rings. The van der Waals surface area contributed by atoms with E-state index < -0.39 is 23.6 Å². The largest absolute Gasteiger partial charge is 0.391 e. The van der Waals surface area contributed by atoms with E-state index in [1.54, 1.807) is 4.68 Å². The lowest BCUT2D eigenvalue weighted by molar-refractivity contribution is -0.144. The highest BCUT2D eigenvalue weighted by atomic mass is 16.5. The number of β-amino-alcohol motifs (C(OH)–C–C–N with tert-alkyl or cyclic N) is 1. The topological polar surface area (TPSA) is 139 Å². The van der Waals surface area contributed by atoms with E-state index in [0.717, 1.165) is 37.8 Å². The standard InChI is InChI=1S/C25H37N7O4/c1-5-20-27-23(36-29-20)15-8-9-16(10-15)26-22(34)19-11-17(33)12-31(19)24(35)21(25(2,3)4)32-13-18(28-30-32)14-6-7-14/h13-17,19,21,33H,5-12H2,1-4H3,(H,26,34)/t15?,16?,17-,19+,21-/m1/s1. The van der Waals surface area contributed by atoms with Gasteiger partial charge < -0.3 is 19.8 Å². The lowest BCUT2D eigenvalue weighted by atomic mass is 9.85. The number of hydrogen-bond acceptors (Lipinski definition) is 8. The Kier molecular flexibility index (Phi) is 6.61. The van der Waals surface area contributed by atoms with Crippen molar-refractivity contribution >= 4 is 11.8 Å². The van der Waals surface area contributed by atoms with Crippen molar-refractivity contribution in [3.63, 3.8) is 0 Å². The van der Waals surface area contributed by atoms with Gasteiger partial charge in [-0.1, -0.05) is 38.1 Å². The molecule has 1 aliphatic heterocycles. The smallest absolute Gasteiger partial charge is 0.248 e. The fourth-order valence-electron chi connectivity index (χ4n) is 5.54. The SMILES string of the molecule is CCc1noc(C2CCC(NC(=O)[C@@H]3C[C@@H](O)CN3C(=O)[C@@H](n3cc(C4CC4)nn3)C(C)(C)C)C2)n1. The third-order valence-electron chi connectivity index (χ3n) is 7.64. The summed E-state index contributed by atoms with van der Waals surface area (Å²) in [5.74, 6) is 1.43. The van der Waals surface area contributed by atoms with E-state index in [-0.39, 0.29) is 36.7 Å². The number of aliphatic hydroxyl groups is 1. The molecule has 2 amide bonds. The van der Waals surface area contributed by atoms with Gasteiger partial charge in [0.25, 0.3) is 0 Å². The summed E-state index contributed by atoms with van der Waals surface area (Å²) in [7, 11) is 0. The van der Waals surface area contributed by atoms with Crippen LogP contribution in [0.15, 0.2) is 10.7 Å². The van der Waals surface area contributed by atoms with Gasteiger partial charge in [-0.25, -0.2) is 4.68 Å². The van der Waals surface area contributed by atoms with Crippen molar-refractivity contribution in [3.8, 4) is 0 Å². The van der Waals surface area contributed by atoms with Crippen LogP contribution >= 0.6 is 0 Å². The van der Waals surface area contributed by atoms with Crippen LogP contribution in [0.5, 0.6) is 0 Å². The van der Waals surface area contributed by atoms with Gasteiger partial charge in [-0.05, 0) is 37.5 Å². The van der Waals surface area contributed by atoms with Crippen LogP contribution in [0.4, 0.5) is 0 Å². The van der Waals surface area contributed by atoms with E-state index in [0.29, 0.717) is 24.1 Å². The van der Waals surface area contributed by atoms with Crippen molar-refractivity contribution in [3.05, 3.63) is 23.6 Å². The molecule has 11 heteroatoms. The number of carbonyl (C=O) groups is 2. The van der Waals surface area contributed by atoms with E-state index in [9.17, 15) is 14.7 Å². The van der Waals surface area contributed by atoms with Crippen LogP contribution in [-0.4, -0.2) is 71.7 Å². The monoisotopic (exact) mass is 499 g/mol. The molecule has 0 radical (unpaired) electrons. The quantitative estimate of drug-likeness (QED) is 0.590. The average molecular weight is 500 g/mol. The maximum Gasteiger partial charge on any atom is 0.248 e. The second-order valence-electron chi connectivity index (χ2n) is 11.7. The maximum absolute atomic E-state index is 13.9. The third kappa shape index (κ3) is 5.02. The van der Waals surface area contributed by atoms with Crippen LogP contribution in [-0.2, 0) is 16.0 Å². The van der Waals surface area contributed by atoms with Crippen LogP contribution in [0.2, 0.25) is 0 Å². The Bertz CT molecular complexity index is 1100. The number of amides is 2. The summed E-state index contributed by atoms with van der Waals surface area (Å²) in [4.78, 5) is 33.2. The Morgan fingerprint density at radius 3 is 2.61 bits per heavy atom. The number of aromatic nitrogens is 5. The predicted molar refractivity (Wildman–Crippen MR) is 129 cm³/mol. The van der Waals surface area contributed by atoms with Crippen molar-refractivity contribution in [2.45, 2.75) is 109 Å². The molecule has 196 valence electrons. The minimum Gasteiger partial charge on any atom is -0.391 e. The molecule has 11 nitrogen and oxygen atoms in total. The Balaban J connectivity index is 1.27.